The molecule has 0 saturated carbocycles. The lowest BCUT2D eigenvalue weighted by molar-refractivity contribution is -0.126. The molecule has 0 bridgehead atoms. The predicted molar refractivity (Wildman–Crippen MR) is 97.1 cm³/mol. The van der Waals surface area contributed by atoms with Crippen molar-refractivity contribution >= 4 is 5.91 Å². The molecular weight excluding hydrogens is 300 g/mol. The molecule has 0 aromatic heterocycles. The zero-order valence-electron chi connectivity index (χ0n) is 14.4. The van der Waals surface area contributed by atoms with Crippen molar-refractivity contribution in [3.63, 3.8) is 0 Å². The van der Waals surface area contributed by atoms with Crippen LogP contribution in [0.25, 0.3) is 0 Å². The van der Waals surface area contributed by atoms with Crippen LogP contribution in [-0.4, -0.2) is 37.0 Å². The van der Waals surface area contributed by atoms with Gasteiger partial charge in [0.25, 0.3) is 0 Å². The third-order valence-electron chi connectivity index (χ3n) is 3.95. The van der Waals surface area contributed by atoms with Gasteiger partial charge in [0.05, 0.1) is 6.54 Å². The van der Waals surface area contributed by atoms with Gasteiger partial charge in [0.15, 0.2) is 0 Å². The molecule has 4 nitrogen and oxygen atoms in total. The summed E-state index contributed by atoms with van der Waals surface area (Å²) < 4.78 is 5.63. The van der Waals surface area contributed by atoms with Gasteiger partial charge in [0.1, 0.15) is 18.4 Å². The van der Waals surface area contributed by atoms with Gasteiger partial charge in [-0.05, 0) is 30.8 Å². The maximum absolute atomic E-state index is 12.7. The summed E-state index contributed by atoms with van der Waals surface area (Å²) in [7, 11) is 0. The van der Waals surface area contributed by atoms with Gasteiger partial charge in [-0.3, -0.25) is 9.69 Å². The number of hydrogen-bond acceptors (Lipinski definition) is 3. The van der Waals surface area contributed by atoms with Gasteiger partial charge in [-0.25, -0.2) is 0 Å². The summed E-state index contributed by atoms with van der Waals surface area (Å²) >= 11 is 0. The van der Waals surface area contributed by atoms with Crippen molar-refractivity contribution in [1.82, 2.24) is 10.2 Å². The zero-order valence-corrected chi connectivity index (χ0v) is 14.4. The molecule has 1 amide bonds. The molecule has 0 aliphatic carbocycles. The number of carbonyl (C=O) groups excluding carboxylic acids is 1. The largest absolute Gasteiger partial charge is 0.492 e. The highest BCUT2D eigenvalue weighted by Crippen LogP contribution is 2.20. The molecule has 0 aliphatic rings. The van der Waals surface area contributed by atoms with Crippen LogP contribution < -0.4 is 10.1 Å². The number of carbonyl (C=O) groups is 1. The molecule has 1 N–H and O–H groups in total. The Morgan fingerprint density at radius 2 is 1.58 bits per heavy atom. The number of nitrogens with one attached hydrogen (secondary N) is 1. The highest BCUT2D eigenvalue weighted by molar-refractivity contribution is 5.83. The number of likely N-dealkylation sites (N-methyl/N-ethyl adjacent to an activating group) is 1. The Morgan fingerprint density at radius 3 is 2.17 bits per heavy atom. The lowest BCUT2D eigenvalue weighted by atomic mass is 10.0. The topological polar surface area (TPSA) is 41.6 Å². The molecule has 1 atom stereocenters. The Bertz CT molecular complexity index is 598. The Morgan fingerprint density at radius 1 is 1.00 bits per heavy atom. The molecule has 1 unspecified atom stereocenters. The lowest BCUT2D eigenvalue weighted by Gasteiger charge is -2.29. The zero-order chi connectivity index (χ0) is 17.2. The predicted octanol–water partition coefficient (Wildman–Crippen LogP) is 3.26. The molecule has 0 radical (unpaired) electrons. The van der Waals surface area contributed by atoms with Crippen LogP contribution in [-0.2, 0) is 4.79 Å². The maximum Gasteiger partial charge on any atom is 0.242 e. The molecule has 2 aromatic carbocycles. The first kappa shape index (κ1) is 18.0. The third kappa shape index (κ3) is 5.10. The van der Waals surface area contributed by atoms with E-state index >= 15 is 0 Å². The first-order chi connectivity index (χ1) is 11.8. The van der Waals surface area contributed by atoms with E-state index in [1.807, 2.05) is 60.7 Å². The van der Waals surface area contributed by atoms with E-state index in [2.05, 4.69) is 24.1 Å². The fourth-order valence-corrected chi connectivity index (χ4v) is 2.71. The van der Waals surface area contributed by atoms with Crippen LogP contribution in [0, 0.1) is 0 Å². The molecule has 2 aromatic rings. The van der Waals surface area contributed by atoms with E-state index in [4.69, 9.17) is 4.74 Å². The Hall–Kier alpha value is -2.33. The summed E-state index contributed by atoms with van der Waals surface area (Å²) in [5.41, 5.74) is 1.02. The fraction of sp³-hybridized carbons (Fsp3) is 0.350. The summed E-state index contributed by atoms with van der Waals surface area (Å²) in [6.45, 7) is 6.73. The monoisotopic (exact) mass is 326 g/mol. The van der Waals surface area contributed by atoms with Crippen LogP contribution in [0.1, 0.15) is 25.5 Å². The maximum atomic E-state index is 12.7. The first-order valence-corrected chi connectivity index (χ1v) is 8.50. The van der Waals surface area contributed by atoms with E-state index in [0.717, 1.165) is 24.4 Å². The molecule has 0 saturated heterocycles. The average Bonchev–Trinajstić information content (AvgIpc) is 2.64. The second-order valence-corrected chi connectivity index (χ2v) is 5.49. The smallest absolute Gasteiger partial charge is 0.242 e. The molecule has 0 aliphatic heterocycles. The molecule has 24 heavy (non-hydrogen) atoms. The Balaban J connectivity index is 1.93. The van der Waals surface area contributed by atoms with Crippen molar-refractivity contribution < 1.29 is 9.53 Å². The second-order valence-electron chi connectivity index (χ2n) is 5.49. The second kappa shape index (κ2) is 9.73. The summed E-state index contributed by atoms with van der Waals surface area (Å²) in [5.74, 6) is 0.830. The Labute approximate surface area is 144 Å². The van der Waals surface area contributed by atoms with Crippen molar-refractivity contribution in [3.05, 3.63) is 66.2 Å². The minimum absolute atomic E-state index is 0.0153. The van der Waals surface area contributed by atoms with Gasteiger partial charge in [-0.2, -0.15) is 0 Å². The van der Waals surface area contributed by atoms with Gasteiger partial charge in [-0.15, -0.1) is 0 Å². The van der Waals surface area contributed by atoms with Gasteiger partial charge in [0, 0.05) is 0 Å². The molecule has 128 valence electrons. The molecule has 0 spiro atoms. The highest BCUT2D eigenvalue weighted by Gasteiger charge is 2.25. The lowest BCUT2D eigenvalue weighted by Crippen LogP contribution is -2.41. The SMILES string of the molecule is CCN(CC)C(C(=O)NCCOc1ccccc1)c1ccccc1. The van der Waals surface area contributed by atoms with Crippen LogP contribution in [0.4, 0.5) is 0 Å². The minimum Gasteiger partial charge on any atom is -0.492 e. The van der Waals surface area contributed by atoms with Crippen LogP contribution in [0.5, 0.6) is 5.75 Å². The van der Waals surface area contributed by atoms with E-state index in [1.54, 1.807) is 0 Å². The third-order valence-corrected chi connectivity index (χ3v) is 3.95. The number of hydrogen-bond donors (Lipinski definition) is 1. The van der Waals surface area contributed by atoms with Crippen molar-refractivity contribution in [2.24, 2.45) is 0 Å². The summed E-state index contributed by atoms with van der Waals surface area (Å²) in [5, 5.41) is 2.99. The van der Waals surface area contributed by atoms with Crippen LogP contribution >= 0.6 is 0 Å². The number of ether oxygens (including phenoxy) is 1. The summed E-state index contributed by atoms with van der Waals surface area (Å²) in [4.78, 5) is 14.9. The van der Waals surface area contributed by atoms with E-state index in [-0.39, 0.29) is 11.9 Å². The molecule has 2 rings (SSSR count). The van der Waals surface area contributed by atoms with E-state index in [1.165, 1.54) is 0 Å². The minimum atomic E-state index is -0.266. The summed E-state index contributed by atoms with van der Waals surface area (Å²) in [6, 6.07) is 19.3. The van der Waals surface area contributed by atoms with Crippen LogP contribution in [0.15, 0.2) is 60.7 Å². The van der Waals surface area contributed by atoms with E-state index in [0.29, 0.717) is 13.2 Å². The van der Waals surface area contributed by atoms with Crippen LogP contribution in [0.3, 0.4) is 0 Å². The Kier molecular flexibility index (Phi) is 7.30. The van der Waals surface area contributed by atoms with Crippen molar-refractivity contribution in [1.29, 1.82) is 0 Å². The van der Waals surface area contributed by atoms with Gasteiger partial charge < -0.3 is 10.1 Å². The van der Waals surface area contributed by atoms with Crippen molar-refractivity contribution in [3.8, 4) is 5.75 Å². The van der Waals surface area contributed by atoms with Crippen LogP contribution in [0.2, 0.25) is 0 Å². The highest BCUT2D eigenvalue weighted by atomic mass is 16.5. The summed E-state index contributed by atoms with van der Waals surface area (Å²) in [6.07, 6.45) is 0. The van der Waals surface area contributed by atoms with Gasteiger partial charge in [0.2, 0.25) is 5.91 Å². The molecule has 0 fully saturated rings. The number of rotatable bonds is 9. The molecular formula is C20H26N2O2. The van der Waals surface area contributed by atoms with Crippen molar-refractivity contribution in [2.45, 2.75) is 19.9 Å². The van der Waals surface area contributed by atoms with Gasteiger partial charge >= 0.3 is 0 Å². The number of amides is 1. The van der Waals surface area contributed by atoms with Crippen molar-refractivity contribution in [2.75, 3.05) is 26.2 Å². The standard InChI is InChI=1S/C20H26N2O2/c1-3-22(4-2)19(17-11-7-5-8-12-17)20(23)21-15-16-24-18-13-9-6-10-14-18/h5-14,19H,3-4,15-16H2,1-2H3,(H,21,23). The van der Waals surface area contributed by atoms with Gasteiger partial charge in [-0.1, -0.05) is 62.4 Å². The quantitative estimate of drug-likeness (QED) is 0.719. The average molecular weight is 326 g/mol. The van der Waals surface area contributed by atoms with E-state index < -0.39 is 0 Å². The number of nitrogens with zero attached hydrogens (tertiary/aromatic N) is 1. The first-order valence-electron chi connectivity index (χ1n) is 8.50. The molecule has 0 heterocycles. The number of benzene rings is 2. The number of para-hydroxylation sites is 1. The normalized spacial score (nSPS) is 12.0. The van der Waals surface area contributed by atoms with E-state index in [9.17, 15) is 4.79 Å². The fourth-order valence-electron chi connectivity index (χ4n) is 2.71. The molecule has 4 heteroatoms.